The van der Waals surface area contributed by atoms with Gasteiger partial charge in [0.1, 0.15) is 0 Å². The Hall–Kier alpha value is -1.04. The molecule has 140 valence electrons. The molecule has 0 N–H and O–H groups in total. The Kier molecular flexibility index (Phi) is 7.35. The van der Waals surface area contributed by atoms with E-state index in [4.69, 9.17) is 0 Å². The van der Waals surface area contributed by atoms with Crippen molar-refractivity contribution in [1.82, 2.24) is 0 Å². The minimum absolute atomic E-state index is 0.537. The predicted molar refractivity (Wildman–Crippen MR) is 113 cm³/mol. The molecular weight excluding hydrogens is 300 g/mol. The third-order valence-corrected chi connectivity index (χ3v) is 6.70. The van der Waals surface area contributed by atoms with Crippen molar-refractivity contribution in [2.45, 2.75) is 92.4 Å². The van der Waals surface area contributed by atoms with E-state index in [9.17, 15) is 0 Å². The molecular formula is C25H40. The third kappa shape index (κ3) is 5.73. The molecule has 0 unspecified atom stereocenters. The summed E-state index contributed by atoms with van der Waals surface area (Å²) in [7, 11) is 0. The minimum atomic E-state index is 0.537. The lowest BCUT2D eigenvalue weighted by Gasteiger charge is -2.55. The van der Waals surface area contributed by atoms with E-state index in [0.717, 1.165) is 11.8 Å². The smallest absolute Gasteiger partial charge is 0.0167 e. The molecule has 0 aromatic rings. The van der Waals surface area contributed by atoms with Gasteiger partial charge in [0.05, 0.1) is 0 Å². The lowest BCUT2D eigenvalue weighted by atomic mass is 9.50. The average Bonchev–Trinajstić information content (AvgIpc) is 2.57. The maximum absolute atomic E-state index is 4.44. The van der Waals surface area contributed by atoms with E-state index in [2.05, 4.69) is 59.4 Å². The lowest BCUT2D eigenvalue weighted by molar-refractivity contribution is -0.0204. The maximum Gasteiger partial charge on any atom is -0.0167 e. The molecule has 3 atom stereocenters. The highest BCUT2D eigenvalue weighted by Crippen LogP contribution is 2.59. The molecule has 0 amide bonds. The van der Waals surface area contributed by atoms with Crippen molar-refractivity contribution in [2.24, 2.45) is 17.3 Å². The summed E-state index contributed by atoms with van der Waals surface area (Å²) in [6.07, 6.45) is 18.8. The van der Waals surface area contributed by atoms with Gasteiger partial charge in [0.25, 0.3) is 0 Å². The van der Waals surface area contributed by atoms with Crippen molar-refractivity contribution >= 4 is 0 Å². The van der Waals surface area contributed by atoms with E-state index in [0.29, 0.717) is 5.41 Å². The van der Waals surface area contributed by atoms with Crippen LogP contribution < -0.4 is 0 Å². The van der Waals surface area contributed by atoms with E-state index in [1.54, 1.807) is 11.1 Å². The van der Waals surface area contributed by atoms with E-state index >= 15 is 0 Å². The normalized spacial score (nSPS) is 32.4. The number of allylic oxidation sites excluding steroid dienone is 7. The van der Waals surface area contributed by atoms with E-state index in [1.165, 1.54) is 68.9 Å². The molecule has 0 aliphatic heterocycles. The van der Waals surface area contributed by atoms with Gasteiger partial charge in [0.15, 0.2) is 0 Å². The van der Waals surface area contributed by atoms with Crippen molar-refractivity contribution < 1.29 is 0 Å². The summed E-state index contributed by atoms with van der Waals surface area (Å²) in [5, 5.41) is 0. The Morgan fingerprint density at radius 3 is 2.68 bits per heavy atom. The third-order valence-electron chi connectivity index (χ3n) is 6.70. The van der Waals surface area contributed by atoms with Crippen LogP contribution in [-0.2, 0) is 0 Å². The first-order chi connectivity index (χ1) is 11.8. The zero-order valence-corrected chi connectivity index (χ0v) is 17.5. The van der Waals surface area contributed by atoms with Crippen molar-refractivity contribution in [2.75, 3.05) is 0 Å². The summed E-state index contributed by atoms with van der Waals surface area (Å²) < 4.78 is 0. The predicted octanol–water partition coefficient (Wildman–Crippen LogP) is 8.18. The second-order valence-corrected chi connectivity index (χ2v) is 9.27. The van der Waals surface area contributed by atoms with E-state index < -0.39 is 0 Å². The molecule has 1 saturated carbocycles. The Morgan fingerprint density at radius 2 is 1.96 bits per heavy atom. The van der Waals surface area contributed by atoms with Crippen LogP contribution in [0.1, 0.15) is 92.4 Å². The van der Waals surface area contributed by atoms with Gasteiger partial charge in [-0.15, -0.1) is 0 Å². The number of hydrogen-bond donors (Lipinski definition) is 0. The highest BCUT2D eigenvalue weighted by Gasteiger charge is 2.49. The summed E-state index contributed by atoms with van der Waals surface area (Å²) in [5.74, 6) is 1.66. The molecule has 2 rings (SSSR count). The zero-order chi connectivity index (χ0) is 18.4. The van der Waals surface area contributed by atoms with Crippen LogP contribution in [0.5, 0.6) is 0 Å². The number of rotatable bonds is 6. The first-order valence-electron chi connectivity index (χ1n) is 10.4. The van der Waals surface area contributed by atoms with Crippen LogP contribution in [0.3, 0.4) is 0 Å². The second kappa shape index (κ2) is 9.06. The van der Waals surface area contributed by atoms with Crippen LogP contribution in [-0.4, -0.2) is 0 Å². The molecule has 0 radical (unpaired) electrons. The Balaban J connectivity index is 1.88. The highest BCUT2D eigenvalue weighted by molar-refractivity contribution is 5.17. The van der Waals surface area contributed by atoms with Gasteiger partial charge in [-0.1, -0.05) is 54.0 Å². The Morgan fingerprint density at radius 1 is 1.20 bits per heavy atom. The van der Waals surface area contributed by atoms with Crippen molar-refractivity contribution in [3.63, 3.8) is 0 Å². The van der Waals surface area contributed by atoms with Gasteiger partial charge in [-0.05, 0) is 103 Å². The maximum atomic E-state index is 4.44. The van der Waals surface area contributed by atoms with Gasteiger partial charge >= 0.3 is 0 Å². The summed E-state index contributed by atoms with van der Waals surface area (Å²) in [6, 6.07) is 0. The molecule has 0 heterocycles. The summed E-state index contributed by atoms with van der Waals surface area (Å²) in [6.45, 7) is 16.0. The number of hydrogen-bond acceptors (Lipinski definition) is 0. The zero-order valence-electron chi connectivity index (χ0n) is 17.5. The minimum Gasteiger partial charge on any atom is -0.0996 e. The lowest BCUT2D eigenvalue weighted by Crippen LogP contribution is -2.46. The van der Waals surface area contributed by atoms with Crippen molar-refractivity contribution in [1.29, 1.82) is 0 Å². The molecule has 0 nitrogen and oxygen atoms in total. The fraction of sp³-hybridized carbons (Fsp3) is 0.680. The molecule has 0 spiro atoms. The molecule has 0 bridgehead atoms. The fourth-order valence-electron chi connectivity index (χ4n) is 4.90. The fourth-order valence-corrected chi connectivity index (χ4v) is 4.90. The summed E-state index contributed by atoms with van der Waals surface area (Å²) >= 11 is 0. The monoisotopic (exact) mass is 340 g/mol. The first-order valence-corrected chi connectivity index (χ1v) is 10.4. The molecule has 0 aromatic carbocycles. The highest BCUT2D eigenvalue weighted by atomic mass is 14.5. The van der Waals surface area contributed by atoms with Gasteiger partial charge in [-0.3, -0.25) is 0 Å². The van der Waals surface area contributed by atoms with Crippen LogP contribution in [0.25, 0.3) is 0 Å². The van der Waals surface area contributed by atoms with Gasteiger partial charge < -0.3 is 0 Å². The summed E-state index contributed by atoms with van der Waals surface area (Å²) in [5.41, 5.74) is 6.66. The second-order valence-electron chi connectivity index (χ2n) is 9.27. The van der Waals surface area contributed by atoms with Crippen LogP contribution in [0, 0.1) is 17.3 Å². The average molecular weight is 341 g/mol. The van der Waals surface area contributed by atoms with Crippen LogP contribution >= 0.6 is 0 Å². The van der Waals surface area contributed by atoms with Crippen LogP contribution in [0.15, 0.2) is 47.1 Å². The van der Waals surface area contributed by atoms with Gasteiger partial charge in [0, 0.05) is 0 Å². The number of fused-ring (bicyclic) bond motifs is 1. The molecule has 1 fully saturated rings. The molecule has 0 heteroatoms. The van der Waals surface area contributed by atoms with Crippen LogP contribution in [0.4, 0.5) is 0 Å². The van der Waals surface area contributed by atoms with Crippen LogP contribution in [0.2, 0.25) is 0 Å². The van der Waals surface area contributed by atoms with Gasteiger partial charge in [-0.25, -0.2) is 0 Å². The Bertz CT molecular complexity index is 553. The first kappa shape index (κ1) is 20.3. The molecule has 2 aliphatic rings. The topological polar surface area (TPSA) is 0 Å². The Labute approximate surface area is 157 Å². The molecule has 0 aromatic heterocycles. The SMILES string of the molecule is C=C1CC/C=C(\C)CC[C@@H]2[C@@H]1C[C@@]2(C)CC/C=C(\C)CCC=C(C)C. The summed E-state index contributed by atoms with van der Waals surface area (Å²) in [4.78, 5) is 0. The molecule has 2 aliphatic carbocycles. The molecule has 25 heavy (non-hydrogen) atoms. The van der Waals surface area contributed by atoms with Crippen molar-refractivity contribution in [3.8, 4) is 0 Å². The standard InChI is InChI=1S/C25H40/c1-19(2)10-7-11-20(3)13-9-17-25(6)18-23-22(5)14-8-12-21(4)15-16-24(23)25/h10,12-13,23-24H,5,7-9,11,14-18H2,1-4,6H3/b20-13+,21-12+/t23-,24-,25-/m1/s1. The van der Waals surface area contributed by atoms with E-state index in [-0.39, 0.29) is 0 Å². The largest absolute Gasteiger partial charge is 0.0996 e. The van der Waals surface area contributed by atoms with Gasteiger partial charge in [0.2, 0.25) is 0 Å². The van der Waals surface area contributed by atoms with E-state index in [1.807, 2.05) is 0 Å². The van der Waals surface area contributed by atoms with Gasteiger partial charge in [-0.2, -0.15) is 0 Å². The van der Waals surface area contributed by atoms with Crippen molar-refractivity contribution in [3.05, 3.63) is 47.1 Å². The molecule has 0 saturated heterocycles. The quantitative estimate of drug-likeness (QED) is 0.428.